The molecule has 0 radical (unpaired) electrons. The zero-order valence-electron chi connectivity index (χ0n) is 18.9. The Morgan fingerprint density at radius 3 is 2.13 bits per heavy atom. The van der Waals surface area contributed by atoms with E-state index in [9.17, 15) is 9.59 Å². The van der Waals surface area contributed by atoms with Gasteiger partial charge in [-0.3, -0.25) is 9.59 Å². The molecule has 2 aromatic rings. The molecule has 1 aromatic heterocycles. The Labute approximate surface area is 181 Å². The summed E-state index contributed by atoms with van der Waals surface area (Å²) in [5.74, 6) is 0.469. The third kappa shape index (κ3) is 7.54. The van der Waals surface area contributed by atoms with Crippen LogP contribution in [0.5, 0.6) is 0 Å². The van der Waals surface area contributed by atoms with E-state index in [2.05, 4.69) is 27.7 Å². The van der Waals surface area contributed by atoms with Crippen LogP contribution in [0.2, 0.25) is 0 Å². The van der Waals surface area contributed by atoms with Crippen LogP contribution in [0, 0.1) is 11.8 Å². The van der Waals surface area contributed by atoms with Crippen LogP contribution >= 0.6 is 0 Å². The molecule has 162 valence electrons. The monoisotopic (exact) mass is 409 g/mol. The van der Waals surface area contributed by atoms with Crippen molar-refractivity contribution < 1.29 is 9.59 Å². The van der Waals surface area contributed by atoms with Crippen LogP contribution in [0.3, 0.4) is 0 Å². The first-order chi connectivity index (χ1) is 14.3. The van der Waals surface area contributed by atoms with Gasteiger partial charge in [0, 0.05) is 38.1 Å². The number of aromatic nitrogens is 1. The second-order valence-corrected chi connectivity index (χ2v) is 8.64. The van der Waals surface area contributed by atoms with Crippen molar-refractivity contribution in [2.45, 2.75) is 34.2 Å². The number of hydrogen-bond acceptors (Lipinski definition) is 2. The molecular weight excluding hydrogens is 374 g/mol. The summed E-state index contributed by atoms with van der Waals surface area (Å²) in [6.45, 7) is 10.2. The Hall–Kier alpha value is -2.82. The third-order valence-electron chi connectivity index (χ3n) is 4.78. The largest absolute Gasteiger partial charge is 0.353 e. The molecule has 0 saturated heterocycles. The molecule has 0 N–H and O–H groups in total. The van der Waals surface area contributed by atoms with Gasteiger partial charge in [-0.05, 0) is 35.6 Å². The van der Waals surface area contributed by atoms with E-state index in [0.717, 1.165) is 11.3 Å². The standard InChI is InChI=1S/C25H35N3O2/c1-20(2)16-27(18-23-12-9-15-26(23)5)25(30)19-28(17-21(3)4)24(29)14-13-22-10-7-6-8-11-22/h6-15,20-21H,16-19H2,1-5H3. The molecule has 0 atom stereocenters. The summed E-state index contributed by atoms with van der Waals surface area (Å²) in [5, 5.41) is 0. The van der Waals surface area contributed by atoms with Crippen LogP contribution in [0.15, 0.2) is 54.7 Å². The summed E-state index contributed by atoms with van der Waals surface area (Å²) < 4.78 is 2.03. The van der Waals surface area contributed by atoms with Gasteiger partial charge in [0.15, 0.2) is 0 Å². The average molecular weight is 410 g/mol. The van der Waals surface area contributed by atoms with Crippen molar-refractivity contribution >= 4 is 17.9 Å². The normalized spacial score (nSPS) is 11.4. The van der Waals surface area contributed by atoms with E-state index in [0.29, 0.717) is 25.6 Å². The lowest BCUT2D eigenvalue weighted by Crippen LogP contribution is -2.44. The quantitative estimate of drug-likeness (QED) is 0.552. The van der Waals surface area contributed by atoms with Crippen molar-refractivity contribution in [2.24, 2.45) is 18.9 Å². The fourth-order valence-electron chi connectivity index (χ4n) is 3.33. The highest BCUT2D eigenvalue weighted by molar-refractivity contribution is 5.94. The van der Waals surface area contributed by atoms with Gasteiger partial charge in [-0.2, -0.15) is 0 Å². The molecule has 1 heterocycles. The van der Waals surface area contributed by atoms with Crippen molar-refractivity contribution in [1.29, 1.82) is 0 Å². The summed E-state index contributed by atoms with van der Waals surface area (Å²) in [6.07, 6.45) is 5.35. The van der Waals surface area contributed by atoms with E-state index < -0.39 is 0 Å². The minimum atomic E-state index is -0.135. The molecule has 2 rings (SSSR count). The average Bonchev–Trinajstić information content (AvgIpc) is 3.09. The van der Waals surface area contributed by atoms with Crippen LogP contribution < -0.4 is 0 Å². The maximum atomic E-state index is 13.2. The number of carbonyl (C=O) groups is 2. The van der Waals surface area contributed by atoms with Crippen LogP contribution in [0.1, 0.15) is 39.0 Å². The maximum Gasteiger partial charge on any atom is 0.247 e. The molecule has 0 aliphatic rings. The summed E-state index contributed by atoms with van der Waals surface area (Å²) in [7, 11) is 1.98. The van der Waals surface area contributed by atoms with E-state index in [1.807, 2.05) is 65.2 Å². The summed E-state index contributed by atoms with van der Waals surface area (Å²) in [6, 6.07) is 13.7. The van der Waals surface area contributed by atoms with Crippen molar-refractivity contribution in [3.8, 4) is 0 Å². The number of benzene rings is 1. The molecule has 0 unspecified atom stereocenters. The molecule has 30 heavy (non-hydrogen) atoms. The van der Waals surface area contributed by atoms with Gasteiger partial charge in [0.2, 0.25) is 11.8 Å². The predicted molar refractivity (Wildman–Crippen MR) is 123 cm³/mol. The Kier molecular flexibility index (Phi) is 8.90. The first kappa shape index (κ1) is 23.5. The van der Waals surface area contributed by atoms with Gasteiger partial charge in [-0.1, -0.05) is 58.0 Å². The first-order valence-corrected chi connectivity index (χ1v) is 10.7. The highest BCUT2D eigenvalue weighted by atomic mass is 16.2. The van der Waals surface area contributed by atoms with Crippen molar-refractivity contribution in [1.82, 2.24) is 14.4 Å². The zero-order valence-corrected chi connectivity index (χ0v) is 18.9. The predicted octanol–water partition coefficient (Wildman–Crippen LogP) is 4.21. The molecule has 5 nitrogen and oxygen atoms in total. The van der Waals surface area contributed by atoms with Gasteiger partial charge in [0.1, 0.15) is 6.54 Å². The summed E-state index contributed by atoms with van der Waals surface area (Å²) in [5.41, 5.74) is 2.04. The highest BCUT2D eigenvalue weighted by Crippen LogP contribution is 2.11. The fraction of sp³-hybridized carbons (Fsp3) is 0.440. The van der Waals surface area contributed by atoms with Crippen molar-refractivity contribution in [3.63, 3.8) is 0 Å². The number of rotatable bonds is 10. The summed E-state index contributed by atoms with van der Waals surface area (Å²) >= 11 is 0. The minimum absolute atomic E-state index is 0.0213. The molecule has 0 spiro atoms. The lowest BCUT2D eigenvalue weighted by molar-refractivity contribution is -0.139. The van der Waals surface area contributed by atoms with E-state index >= 15 is 0 Å². The van der Waals surface area contributed by atoms with Gasteiger partial charge in [-0.15, -0.1) is 0 Å². The molecule has 1 aromatic carbocycles. The molecular formula is C25H35N3O2. The van der Waals surface area contributed by atoms with Gasteiger partial charge < -0.3 is 14.4 Å². The van der Waals surface area contributed by atoms with Crippen molar-refractivity contribution in [2.75, 3.05) is 19.6 Å². The van der Waals surface area contributed by atoms with Gasteiger partial charge in [0.05, 0.1) is 6.54 Å². The second-order valence-electron chi connectivity index (χ2n) is 8.64. The van der Waals surface area contributed by atoms with E-state index in [-0.39, 0.29) is 24.3 Å². The maximum absolute atomic E-state index is 13.2. The van der Waals surface area contributed by atoms with Crippen LogP contribution in [-0.2, 0) is 23.2 Å². The van der Waals surface area contributed by atoms with Crippen LogP contribution in [-0.4, -0.2) is 45.8 Å². The highest BCUT2D eigenvalue weighted by Gasteiger charge is 2.22. The summed E-state index contributed by atoms with van der Waals surface area (Å²) in [4.78, 5) is 29.6. The molecule has 0 bridgehead atoms. The SMILES string of the molecule is CC(C)CN(CC(=O)N(Cc1cccn1C)CC(C)C)C(=O)C=Cc1ccccc1. The number of carbonyl (C=O) groups excluding carboxylic acids is 2. The van der Waals surface area contributed by atoms with Gasteiger partial charge in [0.25, 0.3) is 0 Å². The smallest absolute Gasteiger partial charge is 0.247 e. The topological polar surface area (TPSA) is 45.6 Å². The molecule has 0 aliphatic carbocycles. The number of hydrogen-bond donors (Lipinski definition) is 0. The van der Waals surface area contributed by atoms with Gasteiger partial charge in [-0.25, -0.2) is 0 Å². The van der Waals surface area contributed by atoms with Crippen LogP contribution in [0.4, 0.5) is 0 Å². The minimum Gasteiger partial charge on any atom is -0.353 e. The zero-order chi connectivity index (χ0) is 22.1. The lowest BCUT2D eigenvalue weighted by atomic mass is 10.1. The third-order valence-corrected chi connectivity index (χ3v) is 4.78. The molecule has 0 fully saturated rings. The van der Waals surface area contributed by atoms with E-state index in [1.165, 1.54) is 0 Å². The molecule has 0 aliphatic heterocycles. The van der Waals surface area contributed by atoms with E-state index in [4.69, 9.17) is 0 Å². The van der Waals surface area contributed by atoms with Crippen molar-refractivity contribution in [3.05, 3.63) is 66.0 Å². The van der Waals surface area contributed by atoms with Crippen LogP contribution in [0.25, 0.3) is 6.08 Å². The second kappa shape index (κ2) is 11.4. The fourth-order valence-corrected chi connectivity index (χ4v) is 3.33. The first-order valence-electron chi connectivity index (χ1n) is 10.7. The Morgan fingerprint density at radius 1 is 0.933 bits per heavy atom. The van der Waals surface area contributed by atoms with Gasteiger partial charge >= 0.3 is 0 Å². The Morgan fingerprint density at radius 2 is 1.57 bits per heavy atom. The Bertz CT molecular complexity index is 837. The molecule has 5 heteroatoms. The number of aryl methyl sites for hydroxylation is 1. The molecule has 2 amide bonds. The Balaban J connectivity index is 2.13. The number of nitrogens with zero attached hydrogens (tertiary/aromatic N) is 3. The number of amides is 2. The molecule has 0 saturated carbocycles. The van der Waals surface area contributed by atoms with E-state index in [1.54, 1.807) is 17.1 Å². The lowest BCUT2D eigenvalue weighted by Gasteiger charge is -2.29.